The average Bonchev–Trinajstić information content (AvgIpc) is 2.45. The molecule has 0 saturated carbocycles. The Hall–Kier alpha value is -1.07. The van der Waals surface area contributed by atoms with Crippen LogP contribution in [0.3, 0.4) is 0 Å². The average molecular weight is 432 g/mol. The van der Waals surface area contributed by atoms with Crippen LogP contribution >= 0.6 is 31.9 Å². The van der Waals surface area contributed by atoms with Crippen LogP contribution in [0, 0.1) is 11.6 Å². The lowest BCUT2D eigenvalue weighted by molar-refractivity contribution is -0.121. The van der Waals surface area contributed by atoms with E-state index in [2.05, 4.69) is 31.9 Å². The molecular weight excluding hydrogens is 418 g/mol. The summed E-state index contributed by atoms with van der Waals surface area (Å²) in [5.41, 5.74) is 1.47. The minimum absolute atomic E-state index is 0.0142. The number of halogens is 4. The first-order valence-corrected chi connectivity index (χ1v) is 8.33. The van der Waals surface area contributed by atoms with Crippen molar-refractivity contribution >= 4 is 37.6 Å². The van der Waals surface area contributed by atoms with Gasteiger partial charge in [0.15, 0.2) is 0 Å². The van der Waals surface area contributed by atoms with Crippen LogP contribution in [0.5, 0.6) is 0 Å². The zero-order valence-corrected chi connectivity index (χ0v) is 15.2. The van der Waals surface area contributed by atoms with Gasteiger partial charge in [-0.2, -0.15) is 0 Å². The van der Waals surface area contributed by atoms with E-state index in [0.29, 0.717) is 8.95 Å². The zero-order chi connectivity index (χ0) is 16.4. The van der Waals surface area contributed by atoms with Gasteiger partial charge in [-0.25, -0.2) is 8.78 Å². The molecule has 116 valence electrons. The molecular formula is C17H14Br2F2O. The lowest BCUT2D eigenvalue weighted by Gasteiger charge is -2.19. The molecule has 22 heavy (non-hydrogen) atoms. The minimum Gasteiger partial charge on any atom is -0.298 e. The highest BCUT2D eigenvalue weighted by atomic mass is 79.9. The molecule has 2 unspecified atom stereocenters. The summed E-state index contributed by atoms with van der Waals surface area (Å²) in [6.07, 6.45) is 0. The number of hydrogen-bond acceptors (Lipinski definition) is 1. The van der Waals surface area contributed by atoms with Crippen molar-refractivity contribution in [1.29, 1.82) is 0 Å². The fraction of sp³-hybridized carbons (Fsp3) is 0.235. The van der Waals surface area contributed by atoms with Gasteiger partial charge in [0.2, 0.25) is 0 Å². The summed E-state index contributed by atoms with van der Waals surface area (Å²) in [5, 5.41) is 0. The second-order valence-electron chi connectivity index (χ2n) is 5.18. The van der Waals surface area contributed by atoms with Crippen molar-refractivity contribution in [2.24, 2.45) is 0 Å². The molecule has 0 bridgehead atoms. The Morgan fingerprint density at radius 2 is 1.23 bits per heavy atom. The Labute approximate surface area is 145 Å². The maximum Gasteiger partial charge on any atom is 0.147 e. The van der Waals surface area contributed by atoms with E-state index in [1.165, 1.54) is 24.3 Å². The molecule has 2 aromatic carbocycles. The van der Waals surface area contributed by atoms with Gasteiger partial charge in [0.1, 0.15) is 17.4 Å². The van der Waals surface area contributed by atoms with Crippen LogP contribution in [0.2, 0.25) is 0 Å². The maximum absolute atomic E-state index is 13.2. The molecule has 0 fully saturated rings. The molecule has 2 aromatic rings. The van der Waals surface area contributed by atoms with Crippen molar-refractivity contribution in [2.75, 3.05) is 0 Å². The van der Waals surface area contributed by atoms with E-state index in [9.17, 15) is 13.6 Å². The van der Waals surface area contributed by atoms with E-state index in [1.54, 1.807) is 26.0 Å². The number of rotatable bonds is 4. The third-order valence-electron chi connectivity index (χ3n) is 3.71. The summed E-state index contributed by atoms with van der Waals surface area (Å²) in [6, 6.07) is 8.57. The van der Waals surface area contributed by atoms with Crippen LogP contribution in [0.1, 0.15) is 36.8 Å². The van der Waals surface area contributed by atoms with Crippen LogP contribution in [0.4, 0.5) is 8.78 Å². The van der Waals surface area contributed by atoms with Gasteiger partial charge in [-0.05, 0) is 35.4 Å². The van der Waals surface area contributed by atoms with Gasteiger partial charge >= 0.3 is 0 Å². The summed E-state index contributed by atoms with van der Waals surface area (Å²) >= 11 is 6.59. The Balaban J connectivity index is 2.29. The Morgan fingerprint density at radius 1 is 0.864 bits per heavy atom. The predicted octanol–water partition coefficient (Wildman–Crippen LogP) is 5.97. The fourth-order valence-electron chi connectivity index (χ4n) is 2.39. The fourth-order valence-corrected chi connectivity index (χ4v) is 3.78. The smallest absolute Gasteiger partial charge is 0.147 e. The lowest BCUT2D eigenvalue weighted by atomic mass is 9.86. The highest BCUT2D eigenvalue weighted by Gasteiger charge is 2.25. The number of carbonyl (C=O) groups excluding carboxylic acids is 1. The molecule has 0 spiro atoms. The van der Waals surface area contributed by atoms with Gasteiger partial charge in [-0.1, -0.05) is 57.8 Å². The van der Waals surface area contributed by atoms with Crippen molar-refractivity contribution < 1.29 is 13.6 Å². The first-order valence-electron chi connectivity index (χ1n) is 6.75. The monoisotopic (exact) mass is 430 g/mol. The first-order chi connectivity index (χ1) is 10.3. The largest absolute Gasteiger partial charge is 0.298 e. The topological polar surface area (TPSA) is 17.1 Å². The molecule has 0 aromatic heterocycles. The number of hydrogen-bond donors (Lipinski definition) is 0. The summed E-state index contributed by atoms with van der Waals surface area (Å²) in [4.78, 5) is 12.7. The van der Waals surface area contributed by atoms with Gasteiger partial charge in [0.05, 0.1) is 0 Å². The van der Waals surface area contributed by atoms with Gasteiger partial charge in [0.25, 0.3) is 0 Å². The van der Waals surface area contributed by atoms with Crippen LogP contribution in [0.15, 0.2) is 45.3 Å². The summed E-state index contributed by atoms with van der Waals surface area (Å²) in [5.74, 6) is -1.53. The van der Waals surface area contributed by atoms with Gasteiger partial charge < -0.3 is 0 Å². The summed E-state index contributed by atoms with van der Waals surface area (Å²) in [6.45, 7) is 3.57. The van der Waals surface area contributed by atoms with Crippen molar-refractivity contribution in [2.45, 2.75) is 25.7 Å². The highest BCUT2D eigenvalue weighted by Crippen LogP contribution is 2.33. The van der Waals surface area contributed by atoms with E-state index in [1.807, 2.05) is 0 Å². The molecule has 0 aliphatic carbocycles. The van der Waals surface area contributed by atoms with Crippen molar-refractivity contribution in [3.63, 3.8) is 0 Å². The molecule has 5 heteroatoms. The number of benzene rings is 2. The van der Waals surface area contributed by atoms with E-state index in [-0.39, 0.29) is 17.4 Å². The standard InChI is InChI=1S/C17H14Br2F2O/c1-9(13-5-3-11(20)7-15(13)18)17(22)10(2)14-6-4-12(21)8-16(14)19/h3-10H,1-2H3. The first kappa shape index (κ1) is 17.3. The number of ketones is 1. The van der Waals surface area contributed by atoms with Gasteiger partial charge in [-0.3, -0.25) is 4.79 Å². The molecule has 0 amide bonds. The molecule has 1 nitrogen and oxygen atoms in total. The van der Waals surface area contributed by atoms with Crippen LogP contribution in [-0.4, -0.2) is 5.78 Å². The van der Waals surface area contributed by atoms with E-state index < -0.39 is 11.8 Å². The molecule has 2 rings (SSSR count). The molecule has 2 atom stereocenters. The zero-order valence-electron chi connectivity index (χ0n) is 12.0. The number of carbonyl (C=O) groups is 1. The predicted molar refractivity (Wildman–Crippen MR) is 90.0 cm³/mol. The Bertz CT molecular complexity index is 656. The molecule has 0 N–H and O–H groups in total. The third-order valence-corrected chi connectivity index (χ3v) is 5.09. The third kappa shape index (κ3) is 3.63. The minimum atomic E-state index is -0.401. The van der Waals surface area contributed by atoms with E-state index >= 15 is 0 Å². The molecule has 0 radical (unpaired) electrons. The molecule has 0 aliphatic rings. The molecule has 0 saturated heterocycles. The van der Waals surface area contributed by atoms with Crippen molar-refractivity contribution in [3.8, 4) is 0 Å². The van der Waals surface area contributed by atoms with Gasteiger partial charge in [-0.15, -0.1) is 0 Å². The maximum atomic E-state index is 13.2. The van der Waals surface area contributed by atoms with Gasteiger partial charge in [0, 0.05) is 20.8 Å². The summed E-state index contributed by atoms with van der Waals surface area (Å²) in [7, 11) is 0. The molecule has 0 aliphatic heterocycles. The quantitative estimate of drug-likeness (QED) is 0.583. The number of Topliss-reactive ketones (excluding diaryl/α,β-unsaturated/α-hetero) is 1. The van der Waals surface area contributed by atoms with Crippen LogP contribution in [0.25, 0.3) is 0 Å². The normalized spacial score (nSPS) is 13.7. The lowest BCUT2D eigenvalue weighted by Crippen LogP contribution is -2.17. The van der Waals surface area contributed by atoms with Crippen molar-refractivity contribution in [1.82, 2.24) is 0 Å². The Kier molecular flexibility index (Phi) is 5.50. The highest BCUT2D eigenvalue weighted by molar-refractivity contribution is 9.10. The summed E-state index contributed by atoms with van der Waals surface area (Å²) < 4.78 is 27.5. The van der Waals surface area contributed by atoms with Crippen LogP contribution < -0.4 is 0 Å². The molecule has 0 heterocycles. The van der Waals surface area contributed by atoms with Crippen molar-refractivity contribution in [3.05, 3.63) is 68.1 Å². The van der Waals surface area contributed by atoms with E-state index in [0.717, 1.165) is 11.1 Å². The second kappa shape index (κ2) is 7.01. The Morgan fingerprint density at radius 3 is 1.55 bits per heavy atom. The SMILES string of the molecule is CC(C(=O)C(C)c1ccc(F)cc1Br)c1ccc(F)cc1Br. The van der Waals surface area contributed by atoms with Crippen LogP contribution in [-0.2, 0) is 4.79 Å². The van der Waals surface area contributed by atoms with E-state index in [4.69, 9.17) is 0 Å². The second-order valence-corrected chi connectivity index (χ2v) is 6.89.